The maximum absolute atomic E-state index is 11.3. The summed E-state index contributed by atoms with van der Waals surface area (Å²) >= 11 is 0. The number of aryl methyl sites for hydroxylation is 1. The van der Waals surface area contributed by atoms with Crippen LogP contribution in [0.4, 0.5) is 0 Å². The van der Waals surface area contributed by atoms with Crippen LogP contribution in [0.25, 0.3) is 11.0 Å². The molecule has 2 aromatic rings. The van der Waals surface area contributed by atoms with Gasteiger partial charge in [0.05, 0.1) is 0 Å². The highest BCUT2D eigenvalue weighted by Gasteiger charge is 2.17. The Labute approximate surface area is 102 Å². The average molecular weight is 230 g/mol. The van der Waals surface area contributed by atoms with Gasteiger partial charge in [0.1, 0.15) is 5.58 Å². The van der Waals surface area contributed by atoms with Crippen LogP contribution >= 0.6 is 0 Å². The number of furan rings is 1. The molecule has 0 aliphatic carbocycles. The molecule has 1 heterocycles. The summed E-state index contributed by atoms with van der Waals surface area (Å²) in [5, 5.41) is 1.01. The molecule has 0 amide bonds. The number of hydrogen-bond acceptors (Lipinski definition) is 2. The Morgan fingerprint density at radius 2 is 1.82 bits per heavy atom. The second-order valence-electron chi connectivity index (χ2n) is 5.63. The van der Waals surface area contributed by atoms with Crippen molar-refractivity contribution in [2.24, 2.45) is 0 Å². The maximum Gasteiger partial charge on any atom is 0.194 e. The van der Waals surface area contributed by atoms with E-state index < -0.39 is 0 Å². The van der Waals surface area contributed by atoms with Gasteiger partial charge in [0.2, 0.25) is 0 Å². The van der Waals surface area contributed by atoms with E-state index in [0.29, 0.717) is 5.76 Å². The summed E-state index contributed by atoms with van der Waals surface area (Å²) in [6.07, 6.45) is 0. The maximum atomic E-state index is 11.3. The molecule has 0 N–H and O–H groups in total. The summed E-state index contributed by atoms with van der Waals surface area (Å²) in [4.78, 5) is 11.3. The van der Waals surface area contributed by atoms with E-state index in [-0.39, 0.29) is 11.2 Å². The fourth-order valence-corrected chi connectivity index (χ4v) is 1.94. The molecule has 2 rings (SSSR count). The number of benzene rings is 1. The summed E-state index contributed by atoms with van der Waals surface area (Å²) in [7, 11) is 0. The monoisotopic (exact) mass is 230 g/mol. The quantitative estimate of drug-likeness (QED) is 0.686. The Kier molecular flexibility index (Phi) is 2.61. The molecule has 1 aromatic carbocycles. The molecule has 0 bridgehead atoms. The summed E-state index contributed by atoms with van der Waals surface area (Å²) in [5.74, 6) is 0.409. The van der Waals surface area contributed by atoms with E-state index in [0.717, 1.165) is 16.5 Å². The van der Waals surface area contributed by atoms with E-state index >= 15 is 0 Å². The van der Waals surface area contributed by atoms with Crippen molar-refractivity contribution in [3.05, 3.63) is 35.1 Å². The molecule has 0 unspecified atom stereocenters. The van der Waals surface area contributed by atoms with E-state index in [1.54, 1.807) is 0 Å². The Morgan fingerprint density at radius 3 is 2.35 bits per heavy atom. The molecule has 0 saturated carbocycles. The smallest absolute Gasteiger partial charge is 0.194 e. The zero-order valence-electron chi connectivity index (χ0n) is 11.0. The van der Waals surface area contributed by atoms with Crippen LogP contribution in [0.15, 0.2) is 22.6 Å². The van der Waals surface area contributed by atoms with Crippen molar-refractivity contribution in [2.45, 2.75) is 40.0 Å². The molecule has 1 aromatic heterocycles. The molecule has 0 radical (unpaired) electrons. The summed E-state index contributed by atoms with van der Waals surface area (Å²) in [6, 6.07) is 6.08. The number of hydrogen-bond donors (Lipinski definition) is 0. The van der Waals surface area contributed by atoms with Crippen molar-refractivity contribution in [1.29, 1.82) is 0 Å². The van der Waals surface area contributed by atoms with Gasteiger partial charge < -0.3 is 4.42 Å². The van der Waals surface area contributed by atoms with Crippen LogP contribution in [-0.4, -0.2) is 5.78 Å². The minimum absolute atomic E-state index is 0.0297. The van der Waals surface area contributed by atoms with Crippen molar-refractivity contribution in [2.75, 3.05) is 0 Å². The summed E-state index contributed by atoms with van der Waals surface area (Å²) < 4.78 is 5.58. The van der Waals surface area contributed by atoms with E-state index in [1.165, 1.54) is 12.5 Å². The van der Waals surface area contributed by atoms with Crippen LogP contribution in [0, 0.1) is 6.92 Å². The third kappa shape index (κ3) is 2.12. The average Bonchev–Trinajstić information content (AvgIpc) is 2.60. The minimum atomic E-state index is -0.0297. The predicted octanol–water partition coefficient (Wildman–Crippen LogP) is 4.24. The molecule has 2 nitrogen and oxygen atoms in total. The van der Waals surface area contributed by atoms with Crippen LogP contribution in [-0.2, 0) is 5.41 Å². The molecular weight excluding hydrogens is 212 g/mol. The van der Waals surface area contributed by atoms with Gasteiger partial charge in [0.25, 0.3) is 0 Å². The van der Waals surface area contributed by atoms with Crippen molar-refractivity contribution in [3.63, 3.8) is 0 Å². The second kappa shape index (κ2) is 3.73. The molecule has 0 aliphatic rings. The first-order valence-electron chi connectivity index (χ1n) is 5.84. The molecule has 17 heavy (non-hydrogen) atoms. The van der Waals surface area contributed by atoms with Crippen molar-refractivity contribution in [3.8, 4) is 0 Å². The van der Waals surface area contributed by atoms with Crippen molar-refractivity contribution >= 4 is 16.8 Å². The van der Waals surface area contributed by atoms with E-state index in [2.05, 4.69) is 32.9 Å². The van der Waals surface area contributed by atoms with Gasteiger partial charge in [-0.15, -0.1) is 0 Å². The number of Topliss-reactive ketones (excluding diaryl/α,β-unsaturated/α-hetero) is 1. The van der Waals surface area contributed by atoms with Crippen LogP contribution in [0.5, 0.6) is 0 Å². The van der Waals surface area contributed by atoms with Gasteiger partial charge in [-0.25, -0.2) is 0 Å². The van der Waals surface area contributed by atoms with Gasteiger partial charge in [-0.2, -0.15) is 0 Å². The number of fused-ring (bicyclic) bond motifs is 1. The first kappa shape index (κ1) is 11.9. The Hall–Kier alpha value is -1.57. The molecule has 90 valence electrons. The predicted molar refractivity (Wildman–Crippen MR) is 69.7 cm³/mol. The third-order valence-corrected chi connectivity index (χ3v) is 3.01. The lowest BCUT2D eigenvalue weighted by Crippen LogP contribution is -2.10. The zero-order valence-corrected chi connectivity index (χ0v) is 11.0. The lowest BCUT2D eigenvalue weighted by atomic mass is 9.85. The molecule has 0 atom stereocenters. The van der Waals surface area contributed by atoms with E-state index in [9.17, 15) is 4.79 Å². The lowest BCUT2D eigenvalue weighted by molar-refractivity contribution is 0.0989. The van der Waals surface area contributed by atoms with Gasteiger partial charge in [0.15, 0.2) is 11.5 Å². The molecular formula is C15H18O2. The van der Waals surface area contributed by atoms with Gasteiger partial charge in [0, 0.05) is 12.3 Å². The topological polar surface area (TPSA) is 30.2 Å². The SMILES string of the molecule is CC(=O)c1cc2cc(C(C)(C)C)cc(C)c2o1. The van der Waals surface area contributed by atoms with Gasteiger partial charge in [-0.05, 0) is 35.6 Å². The number of carbonyl (C=O) groups excluding carboxylic acids is 1. The Morgan fingerprint density at radius 1 is 1.18 bits per heavy atom. The van der Waals surface area contributed by atoms with Crippen LogP contribution < -0.4 is 0 Å². The van der Waals surface area contributed by atoms with Gasteiger partial charge in [-0.3, -0.25) is 4.79 Å². The standard InChI is InChI=1S/C15H18O2/c1-9-6-12(15(3,4)5)7-11-8-13(10(2)16)17-14(9)11/h6-8H,1-5H3. The lowest BCUT2D eigenvalue weighted by Gasteiger charge is -2.19. The molecule has 0 spiro atoms. The van der Waals surface area contributed by atoms with Gasteiger partial charge in [-0.1, -0.05) is 26.8 Å². The van der Waals surface area contributed by atoms with E-state index in [4.69, 9.17) is 4.42 Å². The number of ketones is 1. The molecule has 2 heteroatoms. The highest BCUT2D eigenvalue weighted by atomic mass is 16.3. The molecule has 0 saturated heterocycles. The minimum Gasteiger partial charge on any atom is -0.453 e. The zero-order chi connectivity index (χ0) is 12.8. The van der Waals surface area contributed by atoms with Crippen molar-refractivity contribution in [1.82, 2.24) is 0 Å². The largest absolute Gasteiger partial charge is 0.453 e. The molecule has 0 fully saturated rings. The van der Waals surface area contributed by atoms with E-state index in [1.807, 2.05) is 13.0 Å². The second-order valence-corrected chi connectivity index (χ2v) is 5.63. The highest BCUT2D eigenvalue weighted by Crippen LogP contribution is 2.30. The number of rotatable bonds is 1. The highest BCUT2D eigenvalue weighted by molar-refractivity contribution is 5.96. The fraction of sp³-hybridized carbons (Fsp3) is 0.400. The summed E-state index contributed by atoms with van der Waals surface area (Å²) in [6.45, 7) is 10.1. The summed E-state index contributed by atoms with van der Waals surface area (Å²) in [5.41, 5.74) is 3.27. The fourth-order valence-electron chi connectivity index (χ4n) is 1.94. The molecule has 0 aliphatic heterocycles. The normalized spacial score (nSPS) is 12.1. The first-order valence-corrected chi connectivity index (χ1v) is 5.84. The van der Waals surface area contributed by atoms with Crippen LogP contribution in [0.1, 0.15) is 49.4 Å². The van der Waals surface area contributed by atoms with Gasteiger partial charge >= 0.3 is 0 Å². The Bertz CT molecular complexity index is 583. The first-order chi connectivity index (χ1) is 7.79. The van der Waals surface area contributed by atoms with Crippen LogP contribution in [0.2, 0.25) is 0 Å². The third-order valence-electron chi connectivity index (χ3n) is 3.01. The van der Waals surface area contributed by atoms with Crippen LogP contribution in [0.3, 0.4) is 0 Å². The Balaban J connectivity index is 2.69. The number of carbonyl (C=O) groups is 1. The van der Waals surface area contributed by atoms with Crippen molar-refractivity contribution < 1.29 is 9.21 Å².